The summed E-state index contributed by atoms with van der Waals surface area (Å²) in [6, 6.07) is 6.76. The molecule has 0 amide bonds. The van der Waals surface area contributed by atoms with Crippen molar-refractivity contribution in [3.63, 3.8) is 0 Å². The minimum Gasteiger partial charge on any atom is -0.0760 e. The second kappa shape index (κ2) is 4.37. The Kier molecular flexibility index (Phi) is 2.89. The minimum atomic E-state index is 0.844. The quantitative estimate of drug-likeness (QED) is 0.680. The van der Waals surface area contributed by atoms with Crippen molar-refractivity contribution < 1.29 is 0 Å². The van der Waals surface area contributed by atoms with Crippen LogP contribution in [0.5, 0.6) is 0 Å². The first-order valence-electron chi connectivity index (χ1n) is 6.33. The van der Waals surface area contributed by atoms with Crippen molar-refractivity contribution in [2.24, 2.45) is 5.92 Å². The van der Waals surface area contributed by atoms with Gasteiger partial charge in [0.05, 0.1) is 0 Å². The standard InChI is InChI=1S/C15H17Br/c16-13-7-9-15-12(10-13)6-8-14(15)11-4-2-1-3-5-11/h7-11H,1-6H2. The summed E-state index contributed by atoms with van der Waals surface area (Å²) in [5, 5.41) is 0. The molecule has 1 aromatic carbocycles. The Morgan fingerprint density at radius 3 is 2.69 bits per heavy atom. The van der Waals surface area contributed by atoms with Gasteiger partial charge in [-0.2, -0.15) is 0 Å². The van der Waals surface area contributed by atoms with E-state index >= 15 is 0 Å². The van der Waals surface area contributed by atoms with E-state index in [1.807, 2.05) is 0 Å². The van der Waals surface area contributed by atoms with Crippen LogP contribution in [-0.4, -0.2) is 0 Å². The van der Waals surface area contributed by atoms with Gasteiger partial charge in [0.2, 0.25) is 0 Å². The SMILES string of the molecule is Brc1ccc2c(c1)CC=C2C1CCCCC1. The maximum atomic E-state index is 3.56. The molecule has 84 valence electrons. The molecule has 1 aromatic rings. The number of fused-ring (bicyclic) bond motifs is 1. The highest BCUT2D eigenvalue weighted by Gasteiger charge is 2.23. The Bertz CT molecular complexity index is 425. The van der Waals surface area contributed by atoms with Gasteiger partial charge >= 0.3 is 0 Å². The van der Waals surface area contributed by atoms with Gasteiger partial charge in [-0.05, 0) is 54.0 Å². The van der Waals surface area contributed by atoms with Crippen LogP contribution in [0.4, 0.5) is 0 Å². The topological polar surface area (TPSA) is 0 Å². The lowest BCUT2D eigenvalue weighted by atomic mass is 9.82. The molecule has 2 aliphatic carbocycles. The van der Waals surface area contributed by atoms with Crippen molar-refractivity contribution in [1.29, 1.82) is 0 Å². The van der Waals surface area contributed by atoms with E-state index in [4.69, 9.17) is 0 Å². The molecule has 0 saturated heterocycles. The molecular formula is C15H17Br. The van der Waals surface area contributed by atoms with E-state index in [2.05, 4.69) is 40.2 Å². The summed E-state index contributed by atoms with van der Waals surface area (Å²) in [6.45, 7) is 0. The van der Waals surface area contributed by atoms with Gasteiger partial charge in [-0.3, -0.25) is 0 Å². The number of halogens is 1. The first-order valence-corrected chi connectivity index (χ1v) is 7.13. The first kappa shape index (κ1) is 10.6. The lowest BCUT2D eigenvalue weighted by molar-refractivity contribution is 0.429. The predicted molar refractivity (Wildman–Crippen MR) is 72.4 cm³/mol. The van der Waals surface area contributed by atoms with Crippen LogP contribution in [0.3, 0.4) is 0 Å². The highest BCUT2D eigenvalue weighted by molar-refractivity contribution is 9.10. The normalized spacial score (nSPS) is 20.7. The lowest BCUT2D eigenvalue weighted by Crippen LogP contribution is -2.07. The molecule has 0 unspecified atom stereocenters. The first-order chi connectivity index (χ1) is 7.84. The monoisotopic (exact) mass is 276 g/mol. The van der Waals surface area contributed by atoms with E-state index in [0.29, 0.717) is 0 Å². The van der Waals surface area contributed by atoms with E-state index in [-0.39, 0.29) is 0 Å². The Hall–Kier alpha value is -0.560. The van der Waals surface area contributed by atoms with Gasteiger partial charge < -0.3 is 0 Å². The fraction of sp³-hybridized carbons (Fsp3) is 0.467. The van der Waals surface area contributed by atoms with Crippen LogP contribution in [-0.2, 0) is 6.42 Å². The van der Waals surface area contributed by atoms with E-state index in [9.17, 15) is 0 Å². The van der Waals surface area contributed by atoms with Gasteiger partial charge in [0.15, 0.2) is 0 Å². The Labute approximate surface area is 106 Å². The summed E-state index contributed by atoms with van der Waals surface area (Å²) in [5.74, 6) is 0.844. The summed E-state index contributed by atoms with van der Waals surface area (Å²) >= 11 is 3.56. The molecule has 0 atom stereocenters. The van der Waals surface area contributed by atoms with Crippen LogP contribution in [0.15, 0.2) is 28.7 Å². The molecule has 0 bridgehead atoms. The van der Waals surface area contributed by atoms with Crippen molar-refractivity contribution in [2.75, 3.05) is 0 Å². The molecule has 2 aliphatic rings. The maximum absolute atomic E-state index is 3.56. The average molecular weight is 277 g/mol. The largest absolute Gasteiger partial charge is 0.0760 e. The second-order valence-corrected chi connectivity index (χ2v) is 5.92. The van der Waals surface area contributed by atoms with Crippen molar-refractivity contribution in [2.45, 2.75) is 38.5 Å². The van der Waals surface area contributed by atoms with Crippen LogP contribution in [0, 0.1) is 5.92 Å². The van der Waals surface area contributed by atoms with E-state index in [1.54, 1.807) is 5.57 Å². The summed E-state index contributed by atoms with van der Waals surface area (Å²) in [4.78, 5) is 0. The number of allylic oxidation sites excluding steroid dienone is 2. The fourth-order valence-corrected chi connectivity index (χ4v) is 3.55. The molecule has 16 heavy (non-hydrogen) atoms. The van der Waals surface area contributed by atoms with Crippen LogP contribution < -0.4 is 0 Å². The second-order valence-electron chi connectivity index (χ2n) is 5.00. The third-order valence-corrected chi connectivity index (χ3v) is 4.46. The highest BCUT2D eigenvalue weighted by atomic mass is 79.9. The van der Waals surface area contributed by atoms with Crippen LogP contribution in [0.1, 0.15) is 43.2 Å². The molecule has 0 N–H and O–H groups in total. The molecule has 0 aromatic heterocycles. The van der Waals surface area contributed by atoms with Gasteiger partial charge in [-0.1, -0.05) is 47.3 Å². The summed E-state index contributed by atoms with van der Waals surface area (Å²) in [6.07, 6.45) is 10.7. The summed E-state index contributed by atoms with van der Waals surface area (Å²) in [7, 11) is 0. The molecular weight excluding hydrogens is 260 g/mol. The number of rotatable bonds is 1. The van der Waals surface area contributed by atoms with Crippen LogP contribution in [0.25, 0.3) is 5.57 Å². The molecule has 0 aliphatic heterocycles. The minimum absolute atomic E-state index is 0.844. The number of hydrogen-bond donors (Lipinski definition) is 0. The van der Waals surface area contributed by atoms with Crippen molar-refractivity contribution in [1.82, 2.24) is 0 Å². The average Bonchev–Trinajstić information content (AvgIpc) is 2.73. The Morgan fingerprint density at radius 2 is 1.88 bits per heavy atom. The molecule has 0 radical (unpaired) electrons. The van der Waals surface area contributed by atoms with E-state index < -0.39 is 0 Å². The third kappa shape index (κ3) is 1.86. The van der Waals surface area contributed by atoms with E-state index in [1.165, 1.54) is 47.7 Å². The zero-order valence-corrected chi connectivity index (χ0v) is 11.1. The van der Waals surface area contributed by atoms with Crippen LogP contribution in [0.2, 0.25) is 0 Å². The number of hydrogen-bond acceptors (Lipinski definition) is 0. The molecule has 1 heteroatoms. The van der Waals surface area contributed by atoms with Crippen LogP contribution >= 0.6 is 15.9 Å². The van der Waals surface area contributed by atoms with Crippen molar-refractivity contribution in [3.8, 4) is 0 Å². The molecule has 1 fully saturated rings. The predicted octanol–water partition coefficient (Wildman–Crippen LogP) is 4.97. The van der Waals surface area contributed by atoms with Crippen molar-refractivity contribution in [3.05, 3.63) is 39.9 Å². The van der Waals surface area contributed by atoms with Gasteiger partial charge in [-0.15, -0.1) is 0 Å². The fourth-order valence-electron chi connectivity index (χ4n) is 3.14. The lowest BCUT2D eigenvalue weighted by Gasteiger charge is -2.23. The van der Waals surface area contributed by atoms with Crippen molar-refractivity contribution >= 4 is 21.5 Å². The smallest absolute Gasteiger partial charge is 0.0178 e. The molecule has 0 heterocycles. The zero-order valence-electron chi connectivity index (χ0n) is 9.51. The molecule has 0 nitrogen and oxygen atoms in total. The maximum Gasteiger partial charge on any atom is 0.0178 e. The zero-order chi connectivity index (χ0) is 11.0. The van der Waals surface area contributed by atoms with Gasteiger partial charge in [-0.25, -0.2) is 0 Å². The highest BCUT2D eigenvalue weighted by Crippen LogP contribution is 2.40. The Balaban J connectivity index is 1.89. The molecule has 0 spiro atoms. The van der Waals surface area contributed by atoms with Gasteiger partial charge in [0, 0.05) is 4.47 Å². The summed E-state index contributed by atoms with van der Waals surface area (Å²) < 4.78 is 1.21. The van der Waals surface area contributed by atoms with Gasteiger partial charge in [0.25, 0.3) is 0 Å². The van der Waals surface area contributed by atoms with Gasteiger partial charge in [0.1, 0.15) is 0 Å². The molecule has 3 rings (SSSR count). The van der Waals surface area contributed by atoms with E-state index in [0.717, 1.165) is 12.3 Å². The third-order valence-electron chi connectivity index (χ3n) is 3.97. The molecule has 1 saturated carbocycles. The summed E-state index contributed by atoms with van der Waals surface area (Å²) in [5.41, 5.74) is 4.67. The number of benzene rings is 1. The Morgan fingerprint density at radius 1 is 1.06 bits per heavy atom.